The van der Waals surface area contributed by atoms with Gasteiger partial charge in [-0.25, -0.2) is 4.79 Å². The van der Waals surface area contributed by atoms with Crippen LogP contribution in [0.25, 0.3) is 0 Å². The number of rotatable bonds is 6. The maximum Gasteiger partial charge on any atom is 0.337 e. The van der Waals surface area contributed by atoms with E-state index in [9.17, 15) is 20.0 Å². The molecule has 0 aromatic heterocycles. The molecule has 1 aliphatic heterocycles. The SMILES string of the molecule is CC(CN1CCCC1)Nc1cc([N+](=O)[O-])ccc1C(=O)O. The Morgan fingerprint density at radius 1 is 1.48 bits per heavy atom. The topological polar surface area (TPSA) is 95.7 Å². The van der Waals surface area contributed by atoms with E-state index < -0.39 is 10.9 Å². The van der Waals surface area contributed by atoms with Gasteiger partial charge in [0.25, 0.3) is 5.69 Å². The second-order valence-corrected chi connectivity index (χ2v) is 5.35. The lowest BCUT2D eigenvalue weighted by atomic mass is 10.1. The number of nitrogens with zero attached hydrogens (tertiary/aromatic N) is 2. The molecule has 1 aliphatic rings. The predicted octanol–water partition coefficient (Wildman–Crippen LogP) is 2.19. The first-order valence-corrected chi connectivity index (χ1v) is 6.98. The van der Waals surface area contributed by atoms with E-state index in [0.29, 0.717) is 5.69 Å². The highest BCUT2D eigenvalue weighted by atomic mass is 16.6. The number of nitro benzene ring substituents is 1. The van der Waals surface area contributed by atoms with Gasteiger partial charge in [-0.15, -0.1) is 0 Å². The Bertz CT molecular complexity index is 541. The molecule has 7 nitrogen and oxygen atoms in total. The molecule has 1 saturated heterocycles. The van der Waals surface area contributed by atoms with Gasteiger partial charge in [-0.3, -0.25) is 10.1 Å². The standard InChI is InChI=1S/C14H19N3O4/c1-10(9-16-6-2-3-7-16)15-13-8-11(17(20)21)4-5-12(13)14(18)19/h4-5,8,10,15H,2-3,6-7,9H2,1H3,(H,18,19). The molecule has 2 rings (SSSR count). The molecule has 0 radical (unpaired) electrons. The summed E-state index contributed by atoms with van der Waals surface area (Å²) in [7, 11) is 0. The minimum absolute atomic E-state index is 0.0169. The van der Waals surface area contributed by atoms with Crippen LogP contribution in [0.2, 0.25) is 0 Å². The third-order valence-electron chi connectivity index (χ3n) is 3.58. The van der Waals surface area contributed by atoms with E-state index in [2.05, 4.69) is 10.2 Å². The molecule has 1 heterocycles. The molecule has 114 valence electrons. The predicted molar refractivity (Wildman–Crippen MR) is 78.8 cm³/mol. The van der Waals surface area contributed by atoms with Gasteiger partial charge in [0.1, 0.15) is 0 Å². The average molecular weight is 293 g/mol. The number of anilines is 1. The third kappa shape index (κ3) is 3.91. The first-order valence-electron chi connectivity index (χ1n) is 6.98. The summed E-state index contributed by atoms with van der Waals surface area (Å²) in [6.45, 7) is 4.84. The molecule has 0 amide bonds. The van der Waals surface area contributed by atoms with Gasteiger partial charge in [0.2, 0.25) is 0 Å². The number of hydrogen-bond acceptors (Lipinski definition) is 5. The van der Waals surface area contributed by atoms with Gasteiger partial charge < -0.3 is 15.3 Å². The molecular weight excluding hydrogens is 274 g/mol. The van der Waals surface area contributed by atoms with Crippen LogP contribution in [0, 0.1) is 10.1 Å². The van der Waals surface area contributed by atoms with Crippen LogP contribution in [-0.4, -0.2) is 46.6 Å². The normalized spacial score (nSPS) is 16.6. The molecule has 7 heteroatoms. The summed E-state index contributed by atoms with van der Waals surface area (Å²) in [4.78, 5) is 23.8. The van der Waals surface area contributed by atoms with Crippen LogP contribution in [0.3, 0.4) is 0 Å². The number of nitrogens with one attached hydrogen (secondary N) is 1. The average Bonchev–Trinajstić information content (AvgIpc) is 2.90. The summed E-state index contributed by atoms with van der Waals surface area (Å²) < 4.78 is 0. The molecule has 0 saturated carbocycles. The molecule has 2 N–H and O–H groups in total. The lowest BCUT2D eigenvalue weighted by molar-refractivity contribution is -0.384. The fraction of sp³-hybridized carbons (Fsp3) is 0.500. The van der Waals surface area contributed by atoms with Gasteiger partial charge in [-0.1, -0.05) is 0 Å². The number of nitro groups is 1. The van der Waals surface area contributed by atoms with Crippen LogP contribution < -0.4 is 5.32 Å². The number of likely N-dealkylation sites (tertiary alicyclic amines) is 1. The van der Waals surface area contributed by atoms with Crippen LogP contribution in [0.15, 0.2) is 18.2 Å². The van der Waals surface area contributed by atoms with Crippen molar-refractivity contribution >= 4 is 17.3 Å². The van der Waals surface area contributed by atoms with Crippen molar-refractivity contribution in [3.63, 3.8) is 0 Å². The van der Waals surface area contributed by atoms with E-state index >= 15 is 0 Å². The van der Waals surface area contributed by atoms with Gasteiger partial charge in [-0.2, -0.15) is 0 Å². The van der Waals surface area contributed by atoms with E-state index in [1.54, 1.807) is 0 Å². The monoisotopic (exact) mass is 293 g/mol. The largest absolute Gasteiger partial charge is 0.478 e. The maximum absolute atomic E-state index is 11.2. The highest BCUT2D eigenvalue weighted by Crippen LogP contribution is 2.23. The van der Waals surface area contributed by atoms with Gasteiger partial charge in [0, 0.05) is 24.7 Å². The Morgan fingerprint density at radius 2 is 2.14 bits per heavy atom. The zero-order valence-corrected chi connectivity index (χ0v) is 11.9. The molecule has 0 aliphatic carbocycles. The van der Waals surface area contributed by atoms with Crippen molar-refractivity contribution in [3.05, 3.63) is 33.9 Å². The quantitative estimate of drug-likeness (QED) is 0.616. The second-order valence-electron chi connectivity index (χ2n) is 5.35. The fourth-order valence-electron chi connectivity index (χ4n) is 2.62. The van der Waals surface area contributed by atoms with Crippen molar-refractivity contribution in [1.29, 1.82) is 0 Å². The van der Waals surface area contributed by atoms with Gasteiger partial charge in [0.05, 0.1) is 16.2 Å². The van der Waals surface area contributed by atoms with Crippen LogP contribution in [0.4, 0.5) is 11.4 Å². The van der Waals surface area contributed by atoms with E-state index in [-0.39, 0.29) is 17.3 Å². The number of carboxylic acid groups (broad SMARTS) is 1. The molecule has 1 atom stereocenters. The van der Waals surface area contributed by atoms with E-state index in [1.165, 1.54) is 31.0 Å². The Balaban J connectivity index is 2.13. The van der Waals surface area contributed by atoms with Crippen molar-refractivity contribution in [3.8, 4) is 0 Å². The number of carbonyl (C=O) groups is 1. The van der Waals surface area contributed by atoms with Crippen molar-refractivity contribution in [2.75, 3.05) is 25.0 Å². The number of hydrogen-bond donors (Lipinski definition) is 2. The van der Waals surface area contributed by atoms with E-state index in [4.69, 9.17) is 0 Å². The van der Waals surface area contributed by atoms with Crippen molar-refractivity contribution < 1.29 is 14.8 Å². The molecule has 1 aromatic rings. The Morgan fingerprint density at radius 3 is 2.71 bits per heavy atom. The maximum atomic E-state index is 11.2. The summed E-state index contributed by atoms with van der Waals surface area (Å²) in [5, 5.41) is 23.1. The smallest absolute Gasteiger partial charge is 0.337 e. The molecule has 21 heavy (non-hydrogen) atoms. The summed E-state index contributed by atoms with van der Waals surface area (Å²) in [5.41, 5.74) is 0.230. The Hall–Kier alpha value is -2.15. The molecule has 0 spiro atoms. The minimum Gasteiger partial charge on any atom is -0.478 e. The van der Waals surface area contributed by atoms with Gasteiger partial charge >= 0.3 is 5.97 Å². The van der Waals surface area contributed by atoms with Crippen LogP contribution in [0.1, 0.15) is 30.1 Å². The molecular formula is C14H19N3O4. The third-order valence-corrected chi connectivity index (χ3v) is 3.58. The summed E-state index contributed by atoms with van der Waals surface area (Å²) >= 11 is 0. The van der Waals surface area contributed by atoms with Gasteiger partial charge in [-0.05, 0) is 38.9 Å². The fourth-order valence-corrected chi connectivity index (χ4v) is 2.62. The lowest BCUT2D eigenvalue weighted by Gasteiger charge is -2.22. The van der Waals surface area contributed by atoms with Crippen molar-refractivity contribution in [2.45, 2.75) is 25.8 Å². The minimum atomic E-state index is -1.10. The van der Waals surface area contributed by atoms with Crippen molar-refractivity contribution in [1.82, 2.24) is 4.90 Å². The highest BCUT2D eigenvalue weighted by molar-refractivity contribution is 5.94. The summed E-state index contributed by atoms with van der Waals surface area (Å²) in [6.07, 6.45) is 2.37. The molecule has 1 fully saturated rings. The van der Waals surface area contributed by atoms with Crippen LogP contribution in [-0.2, 0) is 0 Å². The molecule has 1 unspecified atom stereocenters. The number of non-ortho nitro benzene ring substituents is 1. The van der Waals surface area contributed by atoms with Crippen LogP contribution >= 0.6 is 0 Å². The van der Waals surface area contributed by atoms with Crippen LogP contribution in [0.5, 0.6) is 0 Å². The lowest BCUT2D eigenvalue weighted by Crippen LogP contribution is -2.33. The highest BCUT2D eigenvalue weighted by Gasteiger charge is 2.19. The van der Waals surface area contributed by atoms with E-state index in [0.717, 1.165) is 19.6 Å². The first kappa shape index (κ1) is 15.2. The van der Waals surface area contributed by atoms with Crippen molar-refractivity contribution in [2.24, 2.45) is 0 Å². The summed E-state index contributed by atoms with van der Waals surface area (Å²) in [6, 6.07) is 3.78. The molecule has 1 aromatic carbocycles. The number of carboxylic acids is 1. The second kappa shape index (κ2) is 6.53. The zero-order valence-electron chi connectivity index (χ0n) is 11.9. The zero-order chi connectivity index (χ0) is 15.4. The number of benzene rings is 1. The molecule has 0 bridgehead atoms. The van der Waals surface area contributed by atoms with E-state index in [1.807, 2.05) is 6.92 Å². The first-order chi connectivity index (χ1) is 9.97. The Kier molecular flexibility index (Phi) is 4.74. The Labute approximate surface area is 122 Å². The number of aromatic carboxylic acids is 1. The van der Waals surface area contributed by atoms with Gasteiger partial charge in [0.15, 0.2) is 0 Å². The summed E-state index contributed by atoms with van der Waals surface area (Å²) in [5.74, 6) is -1.10.